The van der Waals surface area contributed by atoms with E-state index in [1.54, 1.807) is 0 Å². The highest BCUT2D eigenvalue weighted by molar-refractivity contribution is 5.88. The maximum atomic E-state index is 12.8. The van der Waals surface area contributed by atoms with Crippen LogP contribution in [0.1, 0.15) is 68.2 Å². The first kappa shape index (κ1) is 21.9. The van der Waals surface area contributed by atoms with Gasteiger partial charge in [-0.2, -0.15) is 4.98 Å². The first-order chi connectivity index (χ1) is 16.0. The molecule has 33 heavy (non-hydrogen) atoms. The molecule has 7 nitrogen and oxygen atoms in total. The molecule has 1 N–H and O–H groups in total. The van der Waals surface area contributed by atoms with E-state index in [4.69, 9.17) is 9.51 Å². The third-order valence-electron chi connectivity index (χ3n) is 6.98. The molecule has 1 saturated heterocycles. The number of piperidine rings is 1. The van der Waals surface area contributed by atoms with Gasteiger partial charge in [0.05, 0.1) is 11.7 Å². The Bertz CT molecular complexity index is 1150. The Morgan fingerprint density at radius 3 is 2.79 bits per heavy atom. The van der Waals surface area contributed by atoms with Gasteiger partial charge in [-0.15, -0.1) is 0 Å². The molecule has 0 bridgehead atoms. The van der Waals surface area contributed by atoms with Gasteiger partial charge in [0.15, 0.2) is 0 Å². The zero-order valence-corrected chi connectivity index (χ0v) is 19.8. The summed E-state index contributed by atoms with van der Waals surface area (Å²) >= 11 is 0. The summed E-state index contributed by atoms with van der Waals surface area (Å²) in [6.07, 6.45) is 5.22. The van der Waals surface area contributed by atoms with E-state index in [0.29, 0.717) is 36.2 Å². The highest BCUT2D eigenvalue weighted by atomic mass is 16.5. The Hall–Kier alpha value is -2.96. The number of hydrogen-bond acceptors (Lipinski definition) is 6. The fraction of sp³-hybridized carbons (Fsp3) is 0.538. The number of nitrogens with zero attached hydrogens (tertiary/aromatic N) is 4. The van der Waals surface area contributed by atoms with Crippen LogP contribution in [0, 0.1) is 18.8 Å². The number of aromatic nitrogens is 3. The molecule has 5 rings (SSSR count). The molecule has 2 aliphatic rings. The summed E-state index contributed by atoms with van der Waals surface area (Å²) in [4.78, 5) is 24.7. The van der Waals surface area contributed by atoms with Crippen LogP contribution in [-0.4, -0.2) is 34.1 Å². The normalized spacial score (nSPS) is 22.9. The van der Waals surface area contributed by atoms with E-state index in [9.17, 15) is 4.79 Å². The standard InChI is InChI=1S/C26H33N5O2/c1-16-13-17(2)15-31(14-16)25-24-18(3)30-33-26(24)29-22(28-25)11-12-23(32)27-21-10-6-8-19-7-4-5-9-20(19)21/h4-5,7,9,16-17,21H,6,8,10-15H2,1-3H3,(H,27,32)/t16-,17-,21+/m0/s1. The molecule has 0 saturated carbocycles. The van der Waals surface area contributed by atoms with Gasteiger partial charge in [0.1, 0.15) is 17.0 Å². The number of hydrogen-bond donors (Lipinski definition) is 1. The van der Waals surface area contributed by atoms with Gasteiger partial charge in [0.25, 0.3) is 5.71 Å². The van der Waals surface area contributed by atoms with Crippen molar-refractivity contribution in [1.82, 2.24) is 20.4 Å². The topological polar surface area (TPSA) is 84.1 Å². The highest BCUT2D eigenvalue weighted by Gasteiger charge is 2.27. The average Bonchev–Trinajstić information content (AvgIpc) is 3.17. The van der Waals surface area contributed by atoms with Crippen molar-refractivity contribution in [2.75, 3.05) is 18.0 Å². The Morgan fingerprint density at radius 2 is 1.97 bits per heavy atom. The van der Waals surface area contributed by atoms with Crippen molar-refractivity contribution in [3.63, 3.8) is 0 Å². The SMILES string of the molecule is Cc1noc2nc(CCC(=O)N[C@@H]3CCCc4ccccc43)nc(N3C[C@@H](C)C[C@H](C)C3)c12. The Morgan fingerprint density at radius 1 is 1.18 bits per heavy atom. The molecule has 3 atom stereocenters. The van der Waals surface area contributed by atoms with E-state index in [0.717, 1.165) is 49.2 Å². The summed E-state index contributed by atoms with van der Waals surface area (Å²) in [5.41, 5.74) is 3.92. The number of carbonyl (C=O) groups is 1. The molecule has 174 valence electrons. The number of anilines is 1. The van der Waals surface area contributed by atoms with Gasteiger partial charge in [-0.1, -0.05) is 43.3 Å². The third-order valence-corrected chi connectivity index (χ3v) is 6.98. The molecule has 0 spiro atoms. The lowest BCUT2D eigenvalue weighted by atomic mass is 9.87. The minimum atomic E-state index is 0.0379. The van der Waals surface area contributed by atoms with Crippen molar-refractivity contribution in [3.8, 4) is 0 Å². The van der Waals surface area contributed by atoms with Crippen LogP contribution in [0.2, 0.25) is 0 Å². The summed E-state index contributed by atoms with van der Waals surface area (Å²) in [5.74, 6) is 2.78. The van der Waals surface area contributed by atoms with Crippen LogP contribution in [0.3, 0.4) is 0 Å². The molecule has 1 aliphatic carbocycles. The van der Waals surface area contributed by atoms with Gasteiger partial charge in [0.2, 0.25) is 5.91 Å². The molecular formula is C26H33N5O2. The fourth-order valence-electron chi connectivity index (χ4n) is 5.58. The fourth-order valence-corrected chi connectivity index (χ4v) is 5.58. The monoisotopic (exact) mass is 447 g/mol. The largest absolute Gasteiger partial charge is 0.355 e. The number of carbonyl (C=O) groups excluding carboxylic acids is 1. The first-order valence-corrected chi connectivity index (χ1v) is 12.2. The molecule has 7 heteroatoms. The predicted octanol–water partition coefficient (Wildman–Crippen LogP) is 4.53. The molecule has 0 unspecified atom stereocenters. The molecule has 1 fully saturated rings. The summed E-state index contributed by atoms with van der Waals surface area (Å²) < 4.78 is 5.51. The van der Waals surface area contributed by atoms with Crippen LogP contribution in [0.5, 0.6) is 0 Å². The zero-order valence-electron chi connectivity index (χ0n) is 19.8. The van der Waals surface area contributed by atoms with Crippen molar-refractivity contribution < 1.29 is 9.32 Å². The van der Waals surface area contributed by atoms with Crippen molar-refractivity contribution in [2.24, 2.45) is 11.8 Å². The molecule has 1 aromatic carbocycles. The third kappa shape index (κ3) is 4.59. The van der Waals surface area contributed by atoms with Crippen LogP contribution in [-0.2, 0) is 17.6 Å². The highest BCUT2D eigenvalue weighted by Crippen LogP contribution is 2.32. The van der Waals surface area contributed by atoms with E-state index >= 15 is 0 Å². The van der Waals surface area contributed by atoms with Gasteiger partial charge in [0, 0.05) is 25.9 Å². The lowest BCUT2D eigenvalue weighted by Gasteiger charge is -2.36. The van der Waals surface area contributed by atoms with E-state index in [1.165, 1.54) is 17.5 Å². The van der Waals surface area contributed by atoms with Gasteiger partial charge >= 0.3 is 0 Å². The summed E-state index contributed by atoms with van der Waals surface area (Å²) in [5, 5.41) is 8.27. The number of nitrogens with one attached hydrogen (secondary N) is 1. The zero-order chi connectivity index (χ0) is 22.9. The minimum absolute atomic E-state index is 0.0379. The Kier molecular flexibility index (Phi) is 6.04. The van der Waals surface area contributed by atoms with Gasteiger partial charge in [-0.05, 0) is 55.6 Å². The Balaban J connectivity index is 1.32. The minimum Gasteiger partial charge on any atom is -0.355 e. The van der Waals surface area contributed by atoms with E-state index < -0.39 is 0 Å². The van der Waals surface area contributed by atoms with Crippen molar-refractivity contribution in [1.29, 1.82) is 0 Å². The van der Waals surface area contributed by atoms with Crippen LogP contribution in [0.4, 0.5) is 5.82 Å². The lowest BCUT2D eigenvalue weighted by molar-refractivity contribution is -0.121. The number of aryl methyl sites for hydroxylation is 3. The number of benzene rings is 1. The summed E-state index contributed by atoms with van der Waals surface area (Å²) in [7, 11) is 0. The predicted molar refractivity (Wildman–Crippen MR) is 128 cm³/mol. The van der Waals surface area contributed by atoms with Crippen molar-refractivity contribution in [3.05, 3.63) is 46.9 Å². The van der Waals surface area contributed by atoms with Gasteiger partial charge in [-0.25, -0.2) is 4.98 Å². The van der Waals surface area contributed by atoms with Crippen molar-refractivity contribution >= 4 is 22.8 Å². The van der Waals surface area contributed by atoms with Gasteiger partial charge in [-0.3, -0.25) is 4.79 Å². The van der Waals surface area contributed by atoms with E-state index in [-0.39, 0.29) is 11.9 Å². The first-order valence-electron chi connectivity index (χ1n) is 12.2. The second-order valence-corrected chi connectivity index (χ2v) is 9.97. The molecule has 3 heterocycles. The average molecular weight is 448 g/mol. The molecule has 1 aliphatic heterocycles. The van der Waals surface area contributed by atoms with Crippen LogP contribution < -0.4 is 10.2 Å². The summed E-state index contributed by atoms with van der Waals surface area (Å²) in [6.45, 7) is 8.43. The molecule has 3 aromatic rings. The number of rotatable bonds is 5. The molecule has 1 amide bonds. The van der Waals surface area contributed by atoms with Gasteiger partial charge < -0.3 is 14.7 Å². The van der Waals surface area contributed by atoms with E-state index in [2.05, 4.69) is 58.5 Å². The van der Waals surface area contributed by atoms with Crippen LogP contribution in [0.15, 0.2) is 28.8 Å². The second-order valence-electron chi connectivity index (χ2n) is 9.97. The van der Waals surface area contributed by atoms with Crippen LogP contribution in [0.25, 0.3) is 11.1 Å². The van der Waals surface area contributed by atoms with E-state index in [1.807, 2.05) is 6.92 Å². The number of fused-ring (bicyclic) bond motifs is 2. The molecule has 0 radical (unpaired) electrons. The quantitative estimate of drug-likeness (QED) is 0.618. The lowest BCUT2D eigenvalue weighted by Crippen LogP contribution is -2.39. The smallest absolute Gasteiger partial charge is 0.263 e. The molecule has 2 aromatic heterocycles. The van der Waals surface area contributed by atoms with Crippen LogP contribution >= 0.6 is 0 Å². The molecular weight excluding hydrogens is 414 g/mol. The Labute approximate surface area is 195 Å². The second kappa shape index (κ2) is 9.12. The maximum absolute atomic E-state index is 12.8. The maximum Gasteiger partial charge on any atom is 0.263 e. The van der Waals surface area contributed by atoms with Crippen molar-refractivity contribution in [2.45, 2.75) is 65.3 Å². The number of amides is 1. The summed E-state index contributed by atoms with van der Waals surface area (Å²) in [6, 6.07) is 8.52.